The largest absolute Gasteiger partial charge is 0.573 e. The van der Waals surface area contributed by atoms with Gasteiger partial charge in [-0.3, -0.25) is 4.90 Å². The van der Waals surface area contributed by atoms with Crippen molar-refractivity contribution >= 4 is 15.7 Å². The molecular weight excluding hydrogens is 447 g/mol. The van der Waals surface area contributed by atoms with E-state index in [9.17, 15) is 21.6 Å². The molecule has 0 bridgehead atoms. The highest BCUT2D eigenvalue weighted by Gasteiger charge is 2.43. The Bertz CT molecular complexity index is 1040. The van der Waals surface area contributed by atoms with Crippen molar-refractivity contribution in [2.75, 3.05) is 31.5 Å². The lowest BCUT2D eigenvalue weighted by molar-refractivity contribution is -0.274. The number of sulfonamides is 1. The van der Waals surface area contributed by atoms with Gasteiger partial charge in [0.1, 0.15) is 5.75 Å². The van der Waals surface area contributed by atoms with Gasteiger partial charge in [0, 0.05) is 44.1 Å². The van der Waals surface area contributed by atoms with Crippen molar-refractivity contribution in [1.29, 1.82) is 0 Å². The lowest BCUT2D eigenvalue weighted by Crippen LogP contribution is -2.48. The van der Waals surface area contributed by atoms with Crippen LogP contribution in [0.3, 0.4) is 0 Å². The molecule has 1 N–H and O–H groups in total. The van der Waals surface area contributed by atoms with Crippen LogP contribution < -0.4 is 10.1 Å². The third kappa shape index (κ3) is 5.18. The maximum absolute atomic E-state index is 13.1. The lowest BCUT2D eigenvalue weighted by Gasteiger charge is -2.35. The van der Waals surface area contributed by atoms with Crippen molar-refractivity contribution in [3.05, 3.63) is 36.8 Å². The lowest BCUT2D eigenvalue weighted by atomic mass is 10.0. The highest BCUT2D eigenvalue weighted by molar-refractivity contribution is 7.89. The monoisotopic (exact) mass is 473 g/mol. The second-order valence-corrected chi connectivity index (χ2v) is 10.1. The number of aryl methyl sites for hydroxylation is 1. The number of hydrogen-bond donors (Lipinski definition) is 1. The number of rotatable bonds is 6. The van der Waals surface area contributed by atoms with Crippen LogP contribution in [0.15, 0.2) is 41.8 Å². The number of aromatic nitrogens is 2. The van der Waals surface area contributed by atoms with Gasteiger partial charge in [0.15, 0.2) is 5.03 Å². The van der Waals surface area contributed by atoms with Crippen molar-refractivity contribution in [2.24, 2.45) is 7.05 Å². The molecule has 1 aromatic carbocycles. The Morgan fingerprint density at radius 2 is 1.91 bits per heavy atom. The number of nitrogens with zero attached hydrogens (tertiary/aromatic N) is 4. The predicted octanol–water partition coefficient (Wildman–Crippen LogP) is 2.66. The Kier molecular flexibility index (Phi) is 6.37. The summed E-state index contributed by atoms with van der Waals surface area (Å²) in [5.41, 5.74) is 0.441. The average molecular weight is 474 g/mol. The normalized spacial score (nSPS) is 23.4. The first-order chi connectivity index (χ1) is 15.1. The smallest absolute Gasteiger partial charge is 0.406 e. The van der Waals surface area contributed by atoms with E-state index >= 15 is 0 Å². The van der Waals surface area contributed by atoms with Gasteiger partial charge in [-0.25, -0.2) is 13.4 Å². The van der Waals surface area contributed by atoms with Crippen molar-refractivity contribution in [2.45, 2.75) is 42.7 Å². The van der Waals surface area contributed by atoms with Gasteiger partial charge in [0.05, 0.1) is 12.4 Å². The van der Waals surface area contributed by atoms with Crippen LogP contribution >= 0.6 is 0 Å². The zero-order valence-electron chi connectivity index (χ0n) is 17.6. The number of nitrogens with one attached hydrogen (secondary N) is 1. The summed E-state index contributed by atoms with van der Waals surface area (Å²) >= 11 is 0. The molecule has 0 radical (unpaired) electrons. The van der Waals surface area contributed by atoms with E-state index in [1.165, 1.54) is 35.0 Å². The summed E-state index contributed by atoms with van der Waals surface area (Å²) in [6, 6.07) is 5.21. The molecular formula is C20H26F3N5O3S. The number of anilines is 1. The number of alkyl halides is 3. The summed E-state index contributed by atoms with van der Waals surface area (Å²) in [4.78, 5) is 6.27. The first kappa shape index (κ1) is 22.9. The molecule has 0 amide bonds. The minimum atomic E-state index is -4.78. The van der Waals surface area contributed by atoms with E-state index in [2.05, 4.69) is 19.9 Å². The van der Waals surface area contributed by atoms with Gasteiger partial charge in [-0.05, 0) is 38.1 Å². The zero-order valence-corrected chi connectivity index (χ0v) is 18.4. The van der Waals surface area contributed by atoms with E-state index in [0.717, 1.165) is 32.4 Å². The fourth-order valence-corrected chi connectivity index (χ4v) is 5.81. The number of piperidine rings is 1. The van der Waals surface area contributed by atoms with Crippen molar-refractivity contribution in [3.8, 4) is 5.75 Å². The van der Waals surface area contributed by atoms with Gasteiger partial charge in [0.2, 0.25) is 0 Å². The maximum Gasteiger partial charge on any atom is 0.573 e. The number of ether oxygens (including phenoxy) is 1. The van der Waals surface area contributed by atoms with Gasteiger partial charge in [0.25, 0.3) is 10.0 Å². The topological polar surface area (TPSA) is 79.7 Å². The van der Waals surface area contributed by atoms with Crippen LogP contribution in [0.4, 0.5) is 18.9 Å². The summed E-state index contributed by atoms with van der Waals surface area (Å²) in [6.07, 6.45) is 1.32. The van der Waals surface area contributed by atoms with Crippen LogP contribution in [0.5, 0.6) is 5.75 Å². The van der Waals surface area contributed by atoms with Gasteiger partial charge >= 0.3 is 6.36 Å². The Balaban J connectivity index is 1.56. The van der Waals surface area contributed by atoms with Crippen LogP contribution in [0, 0.1) is 0 Å². The minimum Gasteiger partial charge on any atom is -0.406 e. The molecule has 2 atom stereocenters. The van der Waals surface area contributed by atoms with Crippen molar-refractivity contribution in [1.82, 2.24) is 18.8 Å². The van der Waals surface area contributed by atoms with E-state index in [0.29, 0.717) is 5.69 Å². The molecule has 0 saturated carbocycles. The first-order valence-corrected chi connectivity index (χ1v) is 11.9. The Morgan fingerprint density at radius 1 is 1.16 bits per heavy atom. The molecule has 8 nitrogen and oxygen atoms in total. The Morgan fingerprint density at radius 3 is 2.56 bits per heavy atom. The van der Waals surface area contributed by atoms with Crippen LogP contribution in [-0.4, -0.2) is 71.8 Å². The molecule has 32 heavy (non-hydrogen) atoms. The van der Waals surface area contributed by atoms with Crippen LogP contribution in [0.1, 0.15) is 19.3 Å². The van der Waals surface area contributed by atoms with Crippen molar-refractivity contribution < 1.29 is 26.3 Å². The predicted molar refractivity (Wildman–Crippen MR) is 112 cm³/mol. The molecule has 2 saturated heterocycles. The summed E-state index contributed by atoms with van der Waals surface area (Å²) < 4.78 is 71.1. The fraction of sp³-hybridized carbons (Fsp3) is 0.550. The van der Waals surface area contributed by atoms with E-state index in [1.54, 1.807) is 17.7 Å². The molecule has 176 valence electrons. The van der Waals surface area contributed by atoms with Crippen molar-refractivity contribution in [3.63, 3.8) is 0 Å². The molecule has 2 aliphatic heterocycles. The molecule has 2 aliphatic rings. The van der Waals surface area contributed by atoms with E-state index in [4.69, 9.17) is 0 Å². The zero-order chi connectivity index (χ0) is 22.9. The summed E-state index contributed by atoms with van der Waals surface area (Å²) in [7, 11) is -2.08. The standard InChI is InChI=1S/C20H26F3N5O3S/c1-26-13-19(24-14-26)32(29,30)28-11-17(18(12-28)27-8-3-2-4-9-27)25-15-6-5-7-16(10-15)31-20(21,22)23/h5-7,10,13-14,17-18,25H,2-4,8-9,11-12H2,1H3/t17-,18-/m0/s1. The number of likely N-dealkylation sites (tertiary alicyclic amines) is 1. The second kappa shape index (κ2) is 8.91. The van der Waals surface area contributed by atoms with Gasteiger partial charge < -0.3 is 14.6 Å². The Labute approximate surface area is 185 Å². The fourth-order valence-electron chi connectivity index (χ4n) is 4.36. The number of hydrogen-bond acceptors (Lipinski definition) is 6. The average Bonchev–Trinajstić information content (AvgIpc) is 3.35. The van der Waals surface area contributed by atoms with E-state index < -0.39 is 16.4 Å². The van der Waals surface area contributed by atoms with Gasteiger partial charge in [-0.1, -0.05) is 12.5 Å². The van der Waals surface area contributed by atoms with Crippen LogP contribution in [0.25, 0.3) is 0 Å². The van der Waals surface area contributed by atoms with Gasteiger partial charge in [-0.15, -0.1) is 13.2 Å². The number of benzene rings is 1. The highest BCUT2D eigenvalue weighted by atomic mass is 32.2. The quantitative estimate of drug-likeness (QED) is 0.695. The summed E-state index contributed by atoms with van der Waals surface area (Å²) in [5, 5.41) is 3.24. The minimum absolute atomic E-state index is 0.0152. The third-order valence-electron chi connectivity index (χ3n) is 5.82. The SMILES string of the molecule is Cn1cnc(S(=O)(=O)N2C[C@H](Nc3cccc(OC(F)(F)F)c3)[C@@H](N3CCCCC3)C2)c1. The van der Waals surface area contributed by atoms with Gasteiger partial charge in [-0.2, -0.15) is 4.31 Å². The van der Waals surface area contributed by atoms with Crippen LogP contribution in [-0.2, 0) is 17.1 Å². The summed E-state index contributed by atoms with van der Waals surface area (Å²) in [5.74, 6) is -0.326. The molecule has 0 unspecified atom stereocenters. The molecule has 12 heteroatoms. The molecule has 4 rings (SSSR count). The van der Waals surface area contributed by atoms with E-state index in [-0.39, 0.29) is 35.9 Å². The maximum atomic E-state index is 13.1. The number of halogens is 3. The molecule has 2 aromatic rings. The van der Waals surface area contributed by atoms with E-state index in [1.807, 2.05) is 0 Å². The summed E-state index contributed by atoms with van der Waals surface area (Å²) in [6.45, 7) is 2.19. The molecule has 1 aromatic heterocycles. The van der Waals surface area contributed by atoms with Crippen LogP contribution in [0.2, 0.25) is 0 Å². The molecule has 2 fully saturated rings. The number of imidazole rings is 1. The first-order valence-electron chi connectivity index (χ1n) is 10.5. The Hall–Kier alpha value is -2.31. The molecule has 0 spiro atoms. The molecule has 3 heterocycles. The second-order valence-electron chi connectivity index (χ2n) is 8.19. The third-order valence-corrected chi connectivity index (χ3v) is 7.54. The molecule has 0 aliphatic carbocycles. The highest BCUT2D eigenvalue weighted by Crippen LogP contribution is 2.30.